The number of aliphatic hydroxyl groups excluding tert-OH is 1. The van der Waals surface area contributed by atoms with Crippen molar-refractivity contribution in [3.8, 4) is 34.6 Å². The maximum absolute atomic E-state index is 13.4. The van der Waals surface area contributed by atoms with Crippen molar-refractivity contribution in [1.29, 1.82) is 0 Å². The number of nitrogens with zero attached hydrogens (tertiary/aromatic N) is 5. The highest BCUT2D eigenvalue weighted by Gasteiger charge is 2.35. The highest BCUT2D eigenvalue weighted by Crippen LogP contribution is 2.37. The van der Waals surface area contributed by atoms with Crippen LogP contribution in [0, 0.1) is 0 Å². The van der Waals surface area contributed by atoms with Gasteiger partial charge in [-0.3, -0.25) is 14.2 Å². The Kier molecular flexibility index (Phi) is 7.62. The van der Waals surface area contributed by atoms with Gasteiger partial charge >= 0.3 is 0 Å². The Bertz CT molecular complexity index is 1290. The van der Waals surface area contributed by atoms with Crippen molar-refractivity contribution in [1.82, 2.24) is 24.6 Å². The smallest absolute Gasteiger partial charge is 0.243 e. The average Bonchev–Trinajstić information content (AvgIpc) is 3.57. The zero-order valence-electron chi connectivity index (χ0n) is 20.6. The molecule has 3 aromatic rings. The first-order valence-electron chi connectivity index (χ1n) is 11.4. The van der Waals surface area contributed by atoms with Gasteiger partial charge in [0.25, 0.3) is 0 Å². The Morgan fingerprint density at radius 3 is 2.22 bits per heavy atom. The van der Waals surface area contributed by atoms with Gasteiger partial charge in [0.15, 0.2) is 5.82 Å². The molecule has 36 heavy (non-hydrogen) atoms. The number of aliphatic hydroxyl groups is 1. The van der Waals surface area contributed by atoms with Crippen molar-refractivity contribution >= 4 is 16.0 Å². The fourth-order valence-corrected chi connectivity index (χ4v) is 5.18. The van der Waals surface area contributed by atoms with Crippen LogP contribution in [-0.2, 0) is 10.0 Å². The molecule has 13 heteroatoms. The van der Waals surface area contributed by atoms with Gasteiger partial charge in [0.1, 0.15) is 34.4 Å². The highest BCUT2D eigenvalue weighted by atomic mass is 32.2. The molecule has 1 saturated heterocycles. The Hall–Kier alpha value is -3.42. The fourth-order valence-electron chi connectivity index (χ4n) is 4.12. The first-order valence-corrected chi connectivity index (χ1v) is 13.0. The third-order valence-corrected chi connectivity index (χ3v) is 7.80. The largest absolute Gasteiger partial charge is 0.494 e. The predicted octanol–water partition coefficient (Wildman–Crippen LogP) is 1.90. The molecule has 2 atom stereocenters. The van der Waals surface area contributed by atoms with E-state index in [1.54, 1.807) is 41.3 Å². The topological polar surface area (TPSA) is 141 Å². The number of rotatable bonds is 10. The van der Waals surface area contributed by atoms with Gasteiger partial charge in [0.2, 0.25) is 21.9 Å². The molecule has 0 amide bonds. The van der Waals surface area contributed by atoms with Gasteiger partial charge in [-0.2, -0.15) is 0 Å². The van der Waals surface area contributed by atoms with Crippen molar-refractivity contribution in [2.45, 2.75) is 31.2 Å². The van der Waals surface area contributed by atoms with Crippen molar-refractivity contribution in [3.63, 3.8) is 0 Å². The average molecular weight is 519 g/mol. The predicted molar refractivity (Wildman–Crippen MR) is 133 cm³/mol. The van der Waals surface area contributed by atoms with E-state index in [1.807, 2.05) is 0 Å². The van der Waals surface area contributed by atoms with E-state index in [1.165, 1.54) is 32.8 Å². The summed E-state index contributed by atoms with van der Waals surface area (Å²) < 4.78 is 47.1. The number of sulfonamides is 1. The summed E-state index contributed by atoms with van der Waals surface area (Å²) in [7, 11) is 0.381. The van der Waals surface area contributed by atoms with E-state index in [0.717, 1.165) is 12.8 Å². The van der Waals surface area contributed by atoms with Crippen molar-refractivity contribution in [3.05, 3.63) is 36.4 Å². The van der Waals surface area contributed by atoms with Crippen LogP contribution in [-0.4, -0.2) is 84.1 Å². The molecule has 194 valence electrons. The molecule has 0 aliphatic carbocycles. The molecule has 3 heterocycles. The van der Waals surface area contributed by atoms with Crippen LogP contribution in [0.4, 0.5) is 5.95 Å². The van der Waals surface area contributed by atoms with Crippen LogP contribution < -0.4 is 18.9 Å². The summed E-state index contributed by atoms with van der Waals surface area (Å²) in [5.74, 6) is 1.24. The van der Waals surface area contributed by atoms with Crippen LogP contribution in [0.3, 0.4) is 0 Å². The van der Waals surface area contributed by atoms with E-state index < -0.39 is 21.5 Å². The lowest BCUT2D eigenvalue weighted by atomic mass is 10.2. The lowest BCUT2D eigenvalue weighted by Gasteiger charge is -2.27. The number of methoxy groups -OCH3 is 3. The Morgan fingerprint density at radius 2 is 1.61 bits per heavy atom. The van der Waals surface area contributed by atoms with Gasteiger partial charge in [-0.1, -0.05) is 12.1 Å². The molecule has 1 fully saturated rings. The fraction of sp³-hybridized carbons (Fsp3) is 0.435. The van der Waals surface area contributed by atoms with Gasteiger partial charge in [-0.25, -0.2) is 13.4 Å². The summed E-state index contributed by atoms with van der Waals surface area (Å²) in [6, 6.07) is 10.3. The lowest BCUT2D eigenvalue weighted by Crippen LogP contribution is -2.46. The SMILES string of the molecule is COc1cccc(-c2nnc(NS(=O)(=O)[C@H](C)C(O)N3CCCC3)n2-c2c(OC)cccc2OC)n1. The summed E-state index contributed by atoms with van der Waals surface area (Å²) >= 11 is 0. The van der Waals surface area contributed by atoms with E-state index in [4.69, 9.17) is 14.2 Å². The number of hydrogen-bond acceptors (Lipinski definition) is 10. The number of aromatic nitrogens is 4. The number of benzene rings is 1. The van der Waals surface area contributed by atoms with E-state index in [9.17, 15) is 13.5 Å². The van der Waals surface area contributed by atoms with Crippen LogP contribution in [0.25, 0.3) is 17.2 Å². The molecule has 1 aliphatic rings. The van der Waals surface area contributed by atoms with Gasteiger partial charge in [0, 0.05) is 19.2 Å². The summed E-state index contributed by atoms with van der Waals surface area (Å²) in [5.41, 5.74) is 0.753. The van der Waals surface area contributed by atoms with E-state index in [0.29, 0.717) is 41.8 Å². The molecule has 0 spiro atoms. The number of hydrogen-bond donors (Lipinski definition) is 2. The quantitative estimate of drug-likeness (QED) is 0.409. The first-order chi connectivity index (χ1) is 17.3. The second-order valence-electron chi connectivity index (χ2n) is 8.27. The molecular weight excluding hydrogens is 488 g/mol. The molecule has 0 bridgehead atoms. The Balaban J connectivity index is 1.84. The summed E-state index contributed by atoms with van der Waals surface area (Å²) in [6.45, 7) is 2.74. The van der Waals surface area contributed by atoms with Crippen molar-refractivity contribution < 1.29 is 27.7 Å². The zero-order valence-corrected chi connectivity index (χ0v) is 21.4. The van der Waals surface area contributed by atoms with E-state index in [-0.39, 0.29) is 11.8 Å². The number of pyridine rings is 1. The molecule has 12 nitrogen and oxygen atoms in total. The zero-order chi connectivity index (χ0) is 25.9. The minimum Gasteiger partial charge on any atom is -0.494 e. The molecule has 0 radical (unpaired) electrons. The third-order valence-electron chi connectivity index (χ3n) is 6.11. The standard InChI is InChI=1S/C23H30N6O6S/c1-15(22(30)28-13-5-6-14-28)36(31,32)27-23-26-25-21(16-9-7-12-19(24-16)35-4)29(23)20-17(33-2)10-8-11-18(20)34-3/h7-12,15,22,30H,5-6,13-14H2,1-4H3,(H,26,27)/t15-,22?/m1/s1. The van der Waals surface area contributed by atoms with Crippen molar-refractivity contribution in [2.75, 3.05) is 39.1 Å². The van der Waals surface area contributed by atoms with Crippen LogP contribution in [0.15, 0.2) is 36.4 Å². The van der Waals surface area contributed by atoms with Crippen LogP contribution in [0.1, 0.15) is 19.8 Å². The van der Waals surface area contributed by atoms with Gasteiger partial charge in [-0.05, 0) is 38.0 Å². The second-order valence-corrected chi connectivity index (χ2v) is 10.3. The molecule has 0 saturated carbocycles. The number of anilines is 1. The Labute approximate surface area is 209 Å². The van der Waals surface area contributed by atoms with Crippen LogP contribution in [0.2, 0.25) is 0 Å². The van der Waals surface area contributed by atoms with Gasteiger partial charge in [-0.15, -0.1) is 10.2 Å². The minimum absolute atomic E-state index is 0.113. The lowest BCUT2D eigenvalue weighted by molar-refractivity contribution is 0.0208. The minimum atomic E-state index is -4.09. The normalized spacial score (nSPS) is 15.9. The molecule has 1 unspecified atom stereocenters. The van der Waals surface area contributed by atoms with Gasteiger partial charge < -0.3 is 19.3 Å². The molecule has 2 N–H and O–H groups in total. The van der Waals surface area contributed by atoms with Crippen LogP contribution >= 0.6 is 0 Å². The summed E-state index contributed by atoms with van der Waals surface area (Å²) in [4.78, 5) is 6.19. The molecule has 2 aromatic heterocycles. The molecule has 4 rings (SSSR count). The van der Waals surface area contributed by atoms with E-state index >= 15 is 0 Å². The molecule has 1 aliphatic heterocycles. The van der Waals surface area contributed by atoms with E-state index in [2.05, 4.69) is 19.9 Å². The monoisotopic (exact) mass is 518 g/mol. The Morgan fingerprint density at radius 1 is 0.972 bits per heavy atom. The van der Waals surface area contributed by atoms with Crippen LogP contribution in [0.5, 0.6) is 17.4 Å². The highest BCUT2D eigenvalue weighted by molar-refractivity contribution is 7.93. The maximum Gasteiger partial charge on any atom is 0.243 e. The molecular formula is C23H30N6O6S. The number of ether oxygens (including phenoxy) is 3. The number of nitrogens with one attached hydrogen (secondary N) is 1. The second kappa shape index (κ2) is 10.7. The third kappa shape index (κ3) is 4.94. The number of likely N-dealkylation sites (tertiary alicyclic amines) is 1. The van der Waals surface area contributed by atoms with Crippen molar-refractivity contribution in [2.24, 2.45) is 0 Å². The molecule has 1 aromatic carbocycles. The number of para-hydroxylation sites is 1. The first kappa shape index (κ1) is 25.7. The summed E-state index contributed by atoms with van der Waals surface area (Å²) in [6.07, 6.45) is 0.660. The summed E-state index contributed by atoms with van der Waals surface area (Å²) in [5, 5.41) is 18.0. The van der Waals surface area contributed by atoms with Gasteiger partial charge in [0.05, 0.1) is 21.3 Å². The maximum atomic E-state index is 13.4.